The summed E-state index contributed by atoms with van der Waals surface area (Å²) in [5, 5.41) is 3.60. The second-order valence-electron chi connectivity index (χ2n) is 5.82. The van der Waals surface area contributed by atoms with Crippen LogP contribution in [0.4, 0.5) is 0 Å². The van der Waals surface area contributed by atoms with E-state index in [4.69, 9.17) is 4.74 Å². The third kappa shape index (κ3) is 3.16. The van der Waals surface area contributed by atoms with Gasteiger partial charge in [-0.25, -0.2) is 0 Å². The Morgan fingerprint density at radius 1 is 1.40 bits per heavy atom. The number of rotatable bonds is 2. The standard InChI is InChI=1S/C12H24N2O/c1-12(2,3)15-9-10-8-14-6-4-5-11(14)7-13-10/h10-11,13H,4-9H2,1-3H3/t10-,11?/m1/s1. The van der Waals surface area contributed by atoms with Gasteiger partial charge in [0.15, 0.2) is 0 Å². The Hall–Kier alpha value is -0.120. The van der Waals surface area contributed by atoms with Gasteiger partial charge in [-0.15, -0.1) is 0 Å². The molecule has 0 saturated carbocycles. The summed E-state index contributed by atoms with van der Waals surface area (Å²) in [5.74, 6) is 0. The van der Waals surface area contributed by atoms with Gasteiger partial charge in [-0.05, 0) is 40.2 Å². The molecule has 2 atom stereocenters. The minimum Gasteiger partial charge on any atom is -0.374 e. The molecule has 88 valence electrons. The molecule has 2 fully saturated rings. The van der Waals surface area contributed by atoms with Crippen LogP contribution in [0.5, 0.6) is 0 Å². The Labute approximate surface area is 93.2 Å². The van der Waals surface area contributed by atoms with Gasteiger partial charge in [-0.2, -0.15) is 0 Å². The summed E-state index contributed by atoms with van der Waals surface area (Å²) in [6, 6.07) is 1.33. The number of nitrogens with zero attached hydrogens (tertiary/aromatic N) is 1. The predicted molar refractivity (Wildman–Crippen MR) is 62.1 cm³/mol. The van der Waals surface area contributed by atoms with Crippen LogP contribution in [0.1, 0.15) is 33.6 Å². The van der Waals surface area contributed by atoms with Crippen LogP contribution in [-0.2, 0) is 4.74 Å². The molecule has 0 aromatic rings. The molecule has 0 aromatic heterocycles. The summed E-state index contributed by atoms with van der Waals surface area (Å²) in [6.45, 7) is 10.8. The molecule has 2 saturated heterocycles. The lowest BCUT2D eigenvalue weighted by Gasteiger charge is -2.37. The maximum Gasteiger partial charge on any atom is 0.0639 e. The summed E-state index contributed by atoms with van der Waals surface area (Å²) in [6.07, 6.45) is 2.75. The van der Waals surface area contributed by atoms with E-state index in [1.807, 2.05) is 0 Å². The number of ether oxygens (including phenoxy) is 1. The van der Waals surface area contributed by atoms with E-state index in [1.54, 1.807) is 0 Å². The molecular formula is C12H24N2O. The molecule has 0 aliphatic carbocycles. The van der Waals surface area contributed by atoms with Crippen LogP contribution in [-0.4, -0.2) is 48.8 Å². The van der Waals surface area contributed by atoms with Crippen molar-refractivity contribution < 1.29 is 4.74 Å². The van der Waals surface area contributed by atoms with E-state index in [1.165, 1.54) is 25.9 Å². The molecule has 0 bridgehead atoms. The Bertz CT molecular complexity index is 212. The number of piperazine rings is 1. The van der Waals surface area contributed by atoms with Gasteiger partial charge in [0.25, 0.3) is 0 Å². The van der Waals surface area contributed by atoms with Crippen LogP contribution in [0.25, 0.3) is 0 Å². The Morgan fingerprint density at radius 2 is 2.20 bits per heavy atom. The highest BCUT2D eigenvalue weighted by Gasteiger charge is 2.31. The van der Waals surface area contributed by atoms with Crippen molar-refractivity contribution in [3.8, 4) is 0 Å². The van der Waals surface area contributed by atoms with Gasteiger partial charge in [0, 0.05) is 25.2 Å². The fraction of sp³-hybridized carbons (Fsp3) is 1.00. The van der Waals surface area contributed by atoms with Gasteiger partial charge in [0.2, 0.25) is 0 Å². The molecule has 0 amide bonds. The van der Waals surface area contributed by atoms with E-state index in [2.05, 4.69) is 31.0 Å². The zero-order valence-corrected chi connectivity index (χ0v) is 10.3. The highest BCUT2D eigenvalue weighted by molar-refractivity contribution is 4.90. The molecule has 2 heterocycles. The number of hydrogen-bond donors (Lipinski definition) is 1. The van der Waals surface area contributed by atoms with Crippen molar-refractivity contribution in [3.63, 3.8) is 0 Å². The number of hydrogen-bond acceptors (Lipinski definition) is 3. The SMILES string of the molecule is CC(C)(C)OC[C@H]1CN2CCCC2CN1. The zero-order chi connectivity index (χ0) is 10.9. The summed E-state index contributed by atoms with van der Waals surface area (Å²) >= 11 is 0. The van der Waals surface area contributed by atoms with Crippen molar-refractivity contribution >= 4 is 0 Å². The molecule has 1 N–H and O–H groups in total. The predicted octanol–water partition coefficient (Wildman–Crippen LogP) is 1.24. The fourth-order valence-corrected chi connectivity index (χ4v) is 2.48. The smallest absolute Gasteiger partial charge is 0.0639 e. The summed E-state index contributed by atoms with van der Waals surface area (Å²) < 4.78 is 5.83. The molecule has 1 unspecified atom stereocenters. The molecule has 3 heteroatoms. The summed E-state index contributed by atoms with van der Waals surface area (Å²) in [5.41, 5.74) is -0.0104. The largest absolute Gasteiger partial charge is 0.374 e. The van der Waals surface area contributed by atoms with Gasteiger partial charge in [0.1, 0.15) is 0 Å². The van der Waals surface area contributed by atoms with Crippen LogP contribution >= 0.6 is 0 Å². The average Bonchev–Trinajstić information content (AvgIpc) is 2.60. The van der Waals surface area contributed by atoms with E-state index in [0.29, 0.717) is 6.04 Å². The molecular weight excluding hydrogens is 188 g/mol. The maximum atomic E-state index is 5.83. The maximum absolute atomic E-state index is 5.83. The lowest BCUT2D eigenvalue weighted by molar-refractivity contribution is -0.0248. The topological polar surface area (TPSA) is 24.5 Å². The van der Waals surface area contributed by atoms with Gasteiger partial charge in [0.05, 0.1) is 12.2 Å². The molecule has 15 heavy (non-hydrogen) atoms. The second kappa shape index (κ2) is 4.40. The van der Waals surface area contributed by atoms with Crippen LogP contribution in [0.3, 0.4) is 0 Å². The molecule has 2 rings (SSSR count). The van der Waals surface area contributed by atoms with Crippen LogP contribution in [0.15, 0.2) is 0 Å². The lowest BCUT2D eigenvalue weighted by Crippen LogP contribution is -2.55. The van der Waals surface area contributed by atoms with E-state index in [0.717, 1.165) is 19.2 Å². The number of fused-ring (bicyclic) bond motifs is 1. The highest BCUT2D eigenvalue weighted by Crippen LogP contribution is 2.20. The zero-order valence-electron chi connectivity index (χ0n) is 10.3. The van der Waals surface area contributed by atoms with Crippen molar-refractivity contribution in [2.24, 2.45) is 0 Å². The highest BCUT2D eigenvalue weighted by atomic mass is 16.5. The minimum absolute atomic E-state index is 0.0104. The summed E-state index contributed by atoms with van der Waals surface area (Å²) in [7, 11) is 0. The van der Waals surface area contributed by atoms with E-state index in [9.17, 15) is 0 Å². The van der Waals surface area contributed by atoms with Crippen molar-refractivity contribution in [2.75, 3.05) is 26.2 Å². The molecule has 0 spiro atoms. The van der Waals surface area contributed by atoms with Gasteiger partial charge >= 0.3 is 0 Å². The van der Waals surface area contributed by atoms with E-state index < -0.39 is 0 Å². The van der Waals surface area contributed by atoms with Crippen molar-refractivity contribution in [1.82, 2.24) is 10.2 Å². The molecule has 0 radical (unpaired) electrons. The first-order valence-corrected chi connectivity index (χ1v) is 6.16. The van der Waals surface area contributed by atoms with Crippen LogP contribution in [0, 0.1) is 0 Å². The van der Waals surface area contributed by atoms with E-state index >= 15 is 0 Å². The minimum atomic E-state index is -0.0104. The van der Waals surface area contributed by atoms with Crippen molar-refractivity contribution in [2.45, 2.75) is 51.3 Å². The van der Waals surface area contributed by atoms with Gasteiger partial charge in [-0.1, -0.05) is 0 Å². The fourth-order valence-electron chi connectivity index (χ4n) is 2.48. The Kier molecular flexibility index (Phi) is 3.33. The molecule has 0 aromatic carbocycles. The van der Waals surface area contributed by atoms with Gasteiger partial charge in [-0.3, -0.25) is 4.90 Å². The Balaban J connectivity index is 1.75. The third-order valence-corrected chi connectivity index (χ3v) is 3.31. The first kappa shape index (κ1) is 11.4. The summed E-state index contributed by atoms with van der Waals surface area (Å²) in [4.78, 5) is 2.62. The second-order valence-corrected chi connectivity index (χ2v) is 5.82. The first-order valence-electron chi connectivity index (χ1n) is 6.16. The number of nitrogens with one attached hydrogen (secondary N) is 1. The van der Waals surface area contributed by atoms with Gasteiger partial charge < -0.3 is 10.1 Å². The van der Waals surface area contributed by atoms with Crippen molar-refractivity contribution in [1.29, 1.82) is 0 Å². The molecule has 2 aliphatic rings. The monoisotopic (exact) mass is 212 g/mol. The van der Waals surface area contributed by atoms with Crippen LogP contribution < -0.4 is 5.32 Å². The normalized spacial score (nSPS) is 33.0. The Morgan fingerprint density at radius 3 is 2.93 bits per heavy atom. The first-order chi connectivity index (χ1) is 7.04. The van der Waals surface area contributed by atoms with Crippen LogP contribution in [0.2, 0.25) is 0 Å². The quantitative estimate of drug-likeness (QED) is 0.745. The molecule has 2 aliphatic heterocycles. The lowest BCUT2D eigenvalue weighted by atomic mass is 10.1. The van der Waals surface area contributed by atoms with Crippen molar-refractivity contribution in [3.05, 3.63) is 0 Å². The molecule has 3 nitrogen and oxygen atoms in total. The van der Waals surface area contributed by atoms with E-state index in [-0.39, 0.29) is 5.60 Å². The average molecular weight is 212 g/mol. The third-order valence-electron chi connectivity index (χ3n) is 3.31.